The van der Waals surface area contributed by atoms with Gasteiger partial charge in [0.05, 0.1) is 17.6 Å². The molecule has 0 bridgehead atoms. The number of benzene rings is 1. The molecule has 0 aliphatic heterocycles. The van der Waals surface area contributed by atoms with E-state index in [1.165, 1.54) is 0 Å². The van der Waals surface area contributed by atoms with Crippen molar-refractivity contribution < 1.29 is 14.3 Å². The Kier molecular flexibility index (Phi) is 7.48. The predicted octanol–water partition coefficient (Wildman–Crippen LogP) is 3.32. The zero-order valence-electron chi connectivity index (χ0n) is 20.5. The lowest BCUT2D eigenvalue weighted by Crippen LogP contribution is -2.42. The average molecular weight is 467 g/mol. The zero-order chi connectivity index (χ0) is 24.2. The molecule has 2 aromatic heterocycles. The molecule has 1 atom stereocenters. The smallest absolute Gasteiger partial charge is 0.325 e. The molecular formula is C26H34N4O4. The van der Waals surface area contributed by atoms with Crippen LogP contribution in [0.3, 0.4) is 0 Å². The number of fused-ring (bicyclic) bond motifs is 1. The molecule has 4 rings (SSSR count). The predicted molar refractivity (Wildman–Crippen MR) is 132 cm³/mol. The molecule has 3 aromatic rings. The molecule has 1 aromatic carbocycles. The van der Waals surface area contributed by atoms with Crippen LogP contribution in [0.2, 0.25) is 0 Å². The molecule has 0 amide bonds. The fourth-order valence-corrected chi connectivity index (χ4v) is 4.70. The van der Waals surface area contributed by atoms with Crippen molar-refractivity contribution in [3.8, 4) is 11.4 Å². The van der Waals surface area contributed by atoms with Crippen molar-refractivity contribution in [1.29, 1.82) is 0 Å². The quantitative estimate of drug-likeness (QED) is 0.487. The summed E-state index contributed by atoms with van der Waals surface area (Å²) in [4.78, 5) is 29.7. The molecule has 34 heavy (non-hydrogen) atoms. The van der Waals surface area contributed by atoms with Crippen molar-refractivity contribution in [3.63, 3.8) is 0 Å². The number of nitrogens with one attached hydrogen (secondary N) is 1. The summed E-state index contributed by atoms with van der Waals surface area (Å²) in [7, 11) is 3.35. The molecule has 1 aliphatic rings. The van der Waals surface area contributed by atoms with Crippen molar-refractivity contribution in [2.45, 2.75) is 64.8 Å². The van der Waals surface area contributed by atoms with E-state index in [-0.39, 0.29) is 24.2 Å². The Balaban J connectivity index is 1.55. The highest BCUT2D eigenvalue weighted by molar-refractivity contribution is 5.81. The third kappa shape index (κ3) is 5.08. The van der Waals surface area contributed by atoms with E-state index < -0.39 is 6.04 Å². The van der Waals surface area contributed by atoms with Crippen LogP contribution in [-0.2, 0) is 34.4 Å². The van der Waals surface area contributed by atoms with Crippen LogP contribution in [0.4, 0.5) is 0 Å². The van der Waals surface area contributed by atoms with Crippen molar-refractivity contribution >= 4 is 17.0 Å². The average Bonchev–Trinajstić information content (AvgIpc) is 3.46. The Labute approximate surface area is 199 Å². The third-order valence-corrected chi connectivity index (χ3v) is 6.50. The van der Waals surface area contributed by atoms with E-state index in [4.69, 9.17) is 14.5 Å². The van der Waals surface area contributed by atoms with E-state index in [0.29, 0.717) is 12.1 Å². The molecule has 8 heteroatoms. The minimum atomic E-state index is -0.515. The summed E-state index contributed by atoms with van der Waals surface area (Å²) in [5, 5.41) is 3.29. The first kappa shape index (κ1) is 24.2. The fraction of sp³-hybridized carbons (Fsp3) is 0.500. The van der Waals surface area contributed by atoms with Crippen LogP contribution in [0.1, 0.15) is 43.7 Å². The molecular weight excluding hydrogens is 432 g/mol. The van der Waals surface area contributed by atoms with Crippen LogP contribution in [-0.4, -0.2) is 45.9 Å². The summed E-state index contributed by atoms with van der Waals surface area (Å²) >= 11 is 0. The van der Waals surface area contributed by atoms with E-state index >= 15 is 0 Å². The number of pyridine rings is 1. The number of esters is 1. The number of aromatic nitrogens is 3. The molecule has 1 fully saturated rings. The van der Waals surface area contributed by atoms with Gasteiger partial charge in [-0.1, -0.05) is 6.07 Å². The highest BCUT2D eigenvalue weighted by Gasteiger charge is 2.25. The number of imidazole rings is 1. The summed E-state index contributed by atoms with van der Waals surface area (Å²) in [5.74, 6) is 0.580. The van der Waals surface area contributed by atoms with Gasteiger partial charge in [-0.3, -0.25) is 14.9 Å². The van der Waals surface area contributed by atoms with Crippen molar-refractivity contribution in [2.24, 2.45) is 7.05 Å². The van der Waals surface area contributed by atoms with Crippen molar-refractivity contribution in [3.05, 3.63) is 51.9 Å². The minimum Gasteiger partial charge on any atom is -0.461 e. The summed E-state index contributed by atoms with van der Waals surface area (Å²) in [5.41, 5.74) is 4.52. The topological polar surface area (TPSA) is 87.4 Å². The number of hydrogen-bond donors (Lipinski definition) is 1. The number of aryl methyl sites for hydroxylation is 3. The van der Waals surface area contributed by atoms with E-state index in [1.807, 2.05) is 31.3 Å². The number of methoxy groups -OCH3 is 1. The maximum absolute atomic E-state index is 12.6. The monoisotopic (exact) mass is 466 g/mol. The Morgan fingerprint density at radius 3 is 2.71 bits per heavy atom. The van der Waals surface area contributed by atoms with E-state index in [1.54, 1.807) is 18.7 Å². The van der Waals surface area contributed by atoms with Gasteiger partial charge in [-0.05, 0) is 63.3 Å². The summed E-state index contributed by atoms with van der Waals surface area (Å²) in [6.45, 7) is 5.42. The number of carbonyl (C=O) groups is 1. The Morgan fingerprint density at radius 2 is 2.03 bits per heavy atom. The summed E-state index contributed by atoms with van der Waals surface area (Å²) in [6, 6.07) is 7.52. The third-order valence-electron chi connectivity index (χ3n) is 6.50. The van der Waals surface area contributed by atoms with E-state index in [0.717, 1.165) is 60.2 Å². The SMILES string of the molecule is CCn1c(-c2cc(C)c(=O)n(C)c2)nc2cc(CN[C@@H](COC)C(=O)OC3CCCC3)ccc21. The fourth-order valence-electron chi connectivity index (χ4n) is 4.70. The molecule has 0 unspecified atom stereocenters. The highest BCUT2D eigenvalue weighted by Crippen LogP contribution is 2.26. The van der Waals surface area contributed by atoms with Crippen LogP contribution in [0.15, 0.2) is 35.3 Å². The first-order valence-electron chi connectivity index (χ1n) is 12.0. The lowest BCUT2D eigenvalue weighted by molar-refractivity contribution is -0.152. The second-order valence-electron chi connectivity index (χ2n) is 9.06. The standard InChI is InChI=1S/C26H34N4O4/c1-5-30-23-11-10-18(14-27-22(16-33-4)26(32)34-20-8-6-7-9-20)13-21(23)28-24(30)19-12-17(2)25(31)29(3)15-19/h10-13,15,20,22,27H,5-9,14,16H2,1-4H3/t22-/m0/s1. The number of carbonyl (C=O) groups excluding carboxylic acids is 1. The molecule has 1 aliphatic carbocycles. The normalized spacial score (nSPS) is 15.2. The zero-order valence-corrected chi connectivity index (χ0v) is 20.5. The first-order valence-corrected chi connectivity index (χ1v) is 12.0. The summed E-state index contributed by atoms with van der Waals surface area (Å²) in [6.07, 6.45) is 5.98. The molecule has 0 saturated heterocycles. The largest absolute Gasteiger partial charge is 0.461 e. The molecule has 2 heterocycles. The highest BCUT2D eigenvalue weighted by atomic mass is 16.5. The van der Waals surface area contributed by atoms with Crippen LogP contribution < -0.4 is 10.9 Å². The van der Waals surface area contributed by atoms with Gasteiger partial charge in [-0.15, -0.1) is 0 Å². The minimum absolute atomic E-state index is 0.00617. The molecule has 182 valence electrons. The van der Waals surface area contributed by atoms with Gasteiger partial charge in [-0.2, -0.15) is 0 Å². The molecule has 8 nitrogen and oxygen atoms in total. The van der Waals surface area contributed by atoms with Crippen molar-refractivity contribution in [1.82, 2.24) is 19.4 Å². The van der Waals surface area contributed by atoms with Crippen LogP contribution in [0.5, 0.6) is 0 Å². The maximum atomic E-state index is 12.6. The molecule has 1 N–H and O–H groups in total. The molecule has 1 saturated carbocycles. The summed E-state index contributed by atoms with van der Waals surface area (Å²) < 4.78 is 14.7. The van der Waals surface area contributed by atoms with Gasteiger partial charge < -0.3 is 18.6 Å². The van der Waals surface area contributed by atoms with Crippen LogP contribution >= 0.6 is 0 Å². The van der Waals surface area contributed by atoms with Gasteiger partial charge in [-0.25, -0.2) is 4.98 Å². The maximum Gasteiger partial charge on any atom is 0.325 e. The van der Waals surface area contributed by atoms with E-state index in [2.05, 4.69) is 22.9 Å². The van der Waals surface area contributed by atoms with Gasteiger partial charge in [0.1, 0.15) is 18.0 Å². The second-order valence-corrected chi connectivity index (χ2v) is 9.06. The molecule has 0 spiro atoms. The Bertz CT molecular complexity index is 1200. The lowest BCUT2D eigenvalue weighted by atomic mass is 10.2. The van der Waals surface area contributed by atoms with Gasteiger partial charge in [0.2, 0.25) is 0 Å². The number of hydrogen-bond acceptors (Lipinski definition) is 6. The lowest BCUT2D eigenvalue weighted by Gasteiger charge is -2.19. The molecule has 0 radical (unpaired) electrons. The number of rotatable bonds is 9. The van der Waals surface area contributed by atoms with Gasteiger partial charge in [0, 0.05) is 44.6 Å². The van der Waals surface area contributed by atoms with Gasteiger partial charge in [0.15, 0.2) is 0 Å². The van der Waals surface area contributed by atoms with Crippen molar-refractivity contribution in [2.75, 3.05) is 13.7 Å². The van der Waals surface area contributed by atoms with Crippen LogP contribution in [0, 0.1) is 6.92 Å². The van der Waals surface area contributed by atoms with Gasteiger partial charge in [0.25, 0.3) is 5.56 Å². The Hall–Kier alpha value is -2.97. The number of ether oxygens (including phenoxy) is 2. The second kappa shape index (κ2) is 10.5. The first-order chi connectivity index (χ1) is 16.4. The van der Waals surface area contributed by atoms with Crippen LogP contribution in [0.25, 0.3) is 22.4 Å². The van der Waals surface area contributed by atoms with Gasteiger partial charge >= 0.3 is 5.97 Å². The number of nitrogens with zero attached hydrogens (tertiary/aromatic N) is 3. The van der Waals surface area contributed by atoms with E-state index in [9.17, 15) is 9.59 Å². The Morgan fingerprint density at radius 1 is 1.26 bits per heavy atom.